The van der Waals surface area contributed by atoms with E-state index in [0.29, 0.717) is 18.0 Å². The highest BCUT2D eigenvalue weighted by Gasteiger charge is 2.15. The lowest BCUT2D eigenvalue weighted by molar-refractivity contribution is -0.147. The van der Waals surface area contributed by atoms with Crippen molar-refractivity contribution in [2.45, 2.75) is 32.9 Å². The number of imidazole rings is 1. The molecular formula is C22H25N3O5. The van der Waals surface area contributed by atoms with E-state index in [4.69, 9.17) is 9.47 Å². The first-order chi connectivity index (χ1) is 14.5. The molecular weight excluding hydrogens is 386 g/mol. The zero-order valence-corrected chi connectivity index (χ0v) is 17.1. The third-order valence-electron chi connectivity index (χ3n) is 4.66. The number of aryl methyl sites for hydroxylation is 2. The van der Waals surface area contributed by atoms with E-state index in [-0.39, 0.29) is 18.7 Å². The number of rotatable bonds is 9. The zero-order valence-electron chi connectivity index (χ0n) is 17.1. The average Bonchev–Trinajstić information content (AvgIpc) is 3.02. The van der Waals surface area contributed by atoms with Gasteiger partial charge < -0.3 is 14.8 Å². The normalized spacial score (nSPS) is 10.7. The Bertz CT molecular complexity index is 1100. The van der Waals surface area contributed by atoms with Gasteiger partial charge in [-0.05, 0) is 30.7 Å². The number of amides is 1. The number of methoxy groups -OCH3 is 1. The SMILES string of the molecule is CCCn1c(=O)n(CCC(=O)OCC(=O)Nc2ccccc2OC)c2ccccc21. The lowest BCUT2D eigenvalue weighted by atomic mass is 10.3. The van der Waals surface area contributed by atoms with Gasteiger partial charge in [0.05, 0.1) is 30.3 Å². The van der Waals surface area contributed by atoms with Gasteiger partial charge in [0, 0.05) is 13.1 Å². The highest BCUT2D eigenvalue weighted by Crippen LogP contribution is 2.22. The molecule has 8 nitrogen and oxygen atoms in total. The number of nitrogens with one attached hydrogen (secondary N) is 1. The number of carbonyl (C=O) groups is 2. The smallest absolute Gasteiger partial charge is 0.329 e. The Labute approximate surface area is 174 Å². The molecule has 8 heteroatoms. The Hall–Kier alpha value is -3.55. The molecule has 1 aromatic heterocycles. The Morgan fingerprint density at radius 3 is 2.27 bits per heavy atom. The highest BCUT2D eigenvalue weighted by atomic mass is 16.5. The van der Waals surface area contributed by atoms with Crippen LogP contribution in [0.3, 0.4) is 0 Å². The number of benzene rings is 2. The number of para-hydroxylation sites is 4. The molecule has 1 N–H and O–H groups in total. The minimum atomic E-state index is -0.551. The second kappa shape index (κ2) is 9.78. The minimum Gasteiger partial charge on any atom is -0.495 e. The number of anilines is 1. The van der Waals surface area contributed by atoms with Crippen LogP contribution in [0.2, 0.25) is 0 Å². The van der Waals surface area contributed by atoms with Crippen LogP contribution in [0.25, 0.3) is 11.0 Å². The van der Waals surface area contributed by atoms with Crippen LogP contribution < -0.4 is 15.7 Å². The van der Waals surface area contributed by atoms with Crippen LogP contribution in [-0.4, -0.2) is 34.7 Å². The van der Waals surface area contributed by atoms with Crippen molar-refractivity contribution >= 4 is 28.6 Å². The number of hydrogen-bond donors (Lipinski definition) is 1. The molecule has 1 amide bonds. The van der Waals surface area contributed by atoms with Crippen LogP contribution >= 0.6 is 0 Å². The monoisotopic (exact) mass is 411 g/mol. The van der Waals surface area contributed by atoms with E-state index in [1.54, 1.807) is 33.4 Å². The Morgan fingerprint density at radius 1 is 0.967 bits per heavy atom. The fraction of sp³-hybridized carbons (Fsp3) is 0.318. The van der Waals surface area contributed by atoms with Gasteiger partial charge in [0.25, 0.3) is 5.91 Å². The molecule has 0 saturated heterocycles. The summed E-state index contributed by atoms with van der Waals surface area (Å²) in [4.78, 5) is 36.9. The predicted octanol–water partition coefficient (Wildman–Crippen LogP) is 2.79. The number of fused-ring (bicyclic) bond motifs is 1. The van der Waals surface area contributed by atoms with Crippen molar-refractivity contribution < 1.29 is 19.1 Å². The van der Waals surface area contributed by atoms with E-state index in [0.717, 1.165) is 17.5 Å². The summed E-state index contributed by atoms with van der Waals surface area (Å²) in [6.45, 7) is 2.39. The maximum Gasteiger partial charge on any atom is 0.329 e. The molecule has 0 aliphatic rings. The number of ether oxygens (including phenoxy) is 2. The summed E-state index contributed by atoms with van der Waals surface area (Å²) in [5.74, 6) is -0.506. The Balaban J connectivity index is 1.58. The van der Waals surface area contributed by atoms with E-state index in [2.05, 4.69) is 5.32 Å². The maximum absolute atomic E-state index is 12.7. The summed E-state index contributed by atoms with van der Waals surface area (Å²) < 4.78 is 13.5. The minimum absolute atomic E-state index is 0.0119. The molecule has 0 fully saturated rings. The molecule has 30 heavy (non-hydrogen) atoms. The molecule has 0 bridgehead atoms. The maximum atomic E-state index is 12.7. The van der Waals surface area contributed by atoms with Gasteiger partial charge >= 0.3 is 11.7 Å². The van der Waals surface area contributed by atoms with E-state index in [1.165, 1.54) is 7.11 Å². The van der Waals surface area contributed by atoms with Crippen molar-refractivity contribution in [1.29, 1.82) is 0 Å². The first-order valence-electron chi connectivity index (χ1n) is 9.81. The van der Waals surface area contributed by atoms with Crippen LogP contribution in [0, 0.1) is 0 Å². The molecule has 0 saturated carbocycles. The van der Waals surface area contributed by atoms with Crippen molar-refractivity contribution in [1.82, 2.24) is 9.13 Å². The third-order valence-corrected chi connectivity index (χ3v) is 4.66. The number of hydrogen-bond acceptors (Lipinski definition) is 5. The first-order valence-corrected chi connectivity index (χ1v) is 9.81. The Morgan fingerprint density at radius 2 is 1.60 bits per heavy atom. The zero-order chi connectivity index (χ0) is 21.5. The van der Waals surface area contributed by atoms with Gasteiger partial charge in [-0.1, -0.05) is 31.2 Å². The summed E-state index contributed by atoms with van der Waals surface area (Å²) in [5.41, 5.74) is 1.96. The molecule has 2 aromatic carbocycles. The van der Waals surface area contributed by atoms with Crippen molar-refractivity contribution in [3.05, 3.63) is 59.0 Å². The first kappa shape index (κ1) is 21.2. The molecule has 1 heterocycles. The molecule has 158 valence electrons. The van der Waals surface area contributed by atoms with Crippen molar-refractivity contribution in [3.63, 3.8) is 0 Å². The number of aromatic nitrogens is 2. The second-order valence-corrected chi connectivity index (χ2v) is 6.73. The fourth-order valence-corrected chi connectivity index (χ4v) is 3.28. The lowest BCUT2D eigenvalue weighted by Gasteiger charge is -2.10. The topological polar surface area (TPSA) is 91.6 Å². The number of nitrogens with zero attached hydrogens (tertiary/aromatic N) is 2. The van der Waals surface area contributed by atoms with Crippen LogP contribution in [0.1, 0.15) is 19.8 Å². The summed E-state index contributed by atoms with van der Waals surface area (Å²) in [6, 6.07) is 14.4. The predicted molar refractivity (Wildman–Crippen MR) is 114 cm³/mol. The van der Waals surface area contributed by atoms with Crippen molar-refractivity contribution in [3.8, 4) is 5.75 Å². The molecule has 0 spiro atoms. The second-order valence-electron chi connectivity index (χ2n) is 6.73. The number of esters is 1. The summed E-state index contributed by atoms with van der Waals surface area (Å²) in [7, 11) is 1.50. The molecule has 0 atom stereocenters. The van der Waals surface area contributed by atoms with E-state index in [1.807, 2.05) is 31.2 Å². The molecule has 3 rings (SSSR count). The molecule has 0 aliphatic heterocycles. The van der Waals surface area contributed by atoms with Crippen molar-refractivity contribution in [2.75, 3.05) is 19.0 Å². The van der Waals surface area contributed by atoms with Gasteiger partial charge in [-0.3, -0.25) is 18.7 Å². The molecule has 0 radical (unpaired) electrons. The van der Waals surface area contributed by atoms with Crippen molar-refractivity contribution in [2.24, 2.45) is 0 Å². The van der Waals surface area contributed by atoms with Gasteiger partial charge in [0.1, 0.15) is 5.75 Å². The molecule has 3 aromatic rings. The van der Waals surface area contributed by atoms with Gasteiger partial charge in [0.15, 0.2) is 6.61 Å². The van der Waals surface area contributed by atoms with E-state index in [9.17, 15) is 14.4 Å². The highest BCUT2D eigenvalue weighted by molar-refractivity contribution is 5.94. The summed E-state index contributed by atoms with van der Waals surface area (Å²) in [5, 5.41) is 2.64. The van der Waals surface area contributed by atoms with Gasteiger partial charge in [0.2, 0.25) is 0 Å². The van der Waals surface area contributed by atoms with Gasteiger partial charge in [-0.2, -0.15) is 0 Å². The van der Waals surface area contributed by atoms with E-state index >= 15 is 0 Å². The fourth-order valence-electron chi connectivity index (χ4n) is 3.28. The standard InChI is InChI=1S/C22H25N3O5/c1-3-13-24-17-9-5-6-10-18(17)25(22(24)28)14-12-21(27)30-15-20(26)23-16-8-4-7-11-19(16)29-2/h4-11H,3,12-15H2,1-2H3,(H,23,26). The largest absolute Gasteiger partial charge is 0.495 e. The third kappa shape index (κ3) is 4.71. The quantitative estimate of drug-likeness (QED) is 0.547. The Kier molecular flexibility index (Phi) is 6.90. The van der Waals surface area contributed by atoms with Crippen LogP contribution in [-0.2, 0) is 27.4 Å². The van der Waals surface area contributed by atoms with Gasteiger partial charge in [-0.15, -0.1) is 0 Å². The van der Waals surface area contributed by atoms with Crippen LogP contribution in [0.5, 0.6) is 5.75 Å². The van der Waals surface area contributed by atoms with Crippen LogP contribution in [0.15, 0.2) is 53.3 Å². The summed E-state index contributed by atoms with van der Waals surface area (Å²) in [6.07, 6.45) is 0.819. The van der Waals surface area contributed by atoms with Gasteiger partial charge in [-0.25, -0.2) is 4.79 Å². The molecule has 0 unspecified atom stereocenters. The number of carbonyl (C=O) groups excluding carboxylic acids is 2. The van der Waals surface area contributed by atoms with Crippen LogP contribution in [0.4, 0.5) is 5.69 Å². The average molecular weight is 411 g/mol. The molecule has 0 aliphatic carbocycles. The lowest BCUT2D eigenvalue weighted by Crippen LogP contribution is -2.26. The summed E-state index contributed by atoms with van der Waals surface area (Å²) >= 11 is 0. The van der Waals surface area contributed by atoms with E-state index < -0.39 is 18.5 Å².